The second-order valence-electron chi connectivity index (χ2n) is 5.88. The van der Waals surface area contributed by atoms with Gasteiger partial charge in [0.25, 0.3) is 5.91 Å². The molecule has 2 heterocycles. The van der Waals surface area contributed by atoms with Crippen LogP contribution in [0.5, 0.6) is 5.75 Å². The number of hydrogen-bond acceptors (Lipinski definition) is 5. The van der Waals surface area contributed by atoms with Crippen LogP contribution >= 0.6 is 11.3 Å². The normalized spacial score (nSPS) is 20.8. The van der Waals surface area contributed by atoms with Crippen LogP contribution in [-0.2, 0) is 4.74 Å². The summed E-state index contributed by atoms with van der Waals surface area (Å²) in [7, 11) is 0. The van der Waals surface area contributed by atoms with E-state index >= 15 is 0 Å². The topological polar surface area (TPSA) is 62.7 Å². The minimum Gasteiger partial charge on any atom is -0.503 e. The van der Waals surface area contributed by atoms with Gasteiger partial charge in [-0.25, -0.2) is 13.8 Å². The highest BCUT2D eigenvalue weighted by Gasteiger charge is 2.29. The second-order valence-corrected chi connectivity index (χ2v) is 6.91. The molecule has 0 saturated carbocycles. The third-order valence-electron chi connectivity index (χ3n) is 3.79. The number of carbonyl (C=O) groups is 1. The number of carbonyl (C=O) groups excluding carboxylic acids is 1. The number of phenols is 1. The van der Waals surface area contributed by atoms with Crippen molar-refractivity contribution in [3.8, 4) is 16.2 Å². The lowest BCUT2D eigenvalue weighted by atomic mass is 10.1. The highest BCUT2D eigenvalue weighted by atomic mass is 32.1. The van der Waals surface area contributed by atoms with Gasteiger partial charge in [-0.3, -0.25) is 4.79 Å². The Balaban J connectivity index is 1.89. The van der Waals surface area contributed by atoms with Gasteiger partial charge in [0.1, 0.15) is 0 Å². The maximum absolute atomic E-state index is 14.0. The summed E-state index contributed by atoms with van der Waals surface area (Å²) in [5.74, 6) is -6.07. The lowest BCUT2D eigenvalue weighted by Crippen LogP contribution is -2.48. The van der Waals surface area contributed by atoms with Crippen molar-refractivity contribution in [3.63, 3.8) is 0 Å². The molecule has 1 aromatic carbocycles. The fraction of sp³-hybridized carbons (Fsp3) is 0.375. The number of rotatable bonds is 2. The van der Waals surface area contributed by atoms with E-state index in [1.165, 1.54) is 6.20 Å². The zero-order valence-electron chi connectivity index (χ0n) is 13.4. The average Bonchev–Trinajstić information content (AvgIpc) is 3.04. The van der Waals surface area contributed by atoms with Crippen molar-refractivity contribution in [1.29, 1.82) is 0 Å². The first kappa shape index (κ1) is 17.7. The summed E-state index contributed by atoms with van der Waals surface area (Å²) >= 11 is 0.844. The number of thiazole rings is 1. The Bertz CT molecular complexity index is 817. The monoisotopic (exact) mass is 372 g/mol. The number of hydrogen-bond donors (Lipinski definition) is 1. The van der Waals surface area contributed by atoms with Gasteiger partial charge in [0, 0.05) is 24.8 Å². The molecule has 1 aromatic heterocycles. The van der Waals surface area contributed by atoms with E-state index in [-0.39, 0.29) is 33.6 Å². The maximum Gasteiger partial charge on any atom is 0.283 e. The third-order valence-corrected chi connectivity index (χ3v) is 4.81. The summed E-state index contributed by atoms with van der Waals surface area (Å²) in [4.78, 5) is 18.2. The van der Waals surface area contributed by atoms with E-state index in [0.717, 1.165) is 11.3 Å². The van der Waals surface area contributed by atoms with Crippen molar-refractivity contribution < 1.29 is 27.8 Å². The van der Waals surface area contributed by atoms with Crippen LogP contribution in [0.15, 0.2) is 12.3 Å². The summed E-state index contributed by atoms with van der Waals surface area (Å²) in [5.41, 5.74) is -0.350. The molecule has 2 aromatic rings. The van der Waals surface area contributed by atoms with Crippen LogP contribution in [0, 0.1) is 17.5 Å². The number of ether oxygens (including phenoxy) is 1. The number of nitrogens with zero attached hydrogens (tertiary/aromatic N) is 2. The number of halogens is 3. The van der Waals surface area contributed by atoms with E-state index < -0.39 is 23.2 Å². The predicted octanol–water partition coefficient (Wildman–Crippen LogP) is 3.18. The lowest BCUT2D eigenvalue weighted by molar-refractivity contribution is -0.0586. The van der Waals surface area contributed by atoms with Gasteiger partial charge < -0.3 is 14.7 Å². The van der Waals surface area contributed by atoms with Crippen molar-refractivity contribution in [3.05, 3.63) is 34.7 Å². The first-order valence-corrected chi connectivity index (χ1v) is 8.37. The summed E-state index contributed by atoms with van der Waals surface area (Å²) in [6, 6.07) is 0.630. The molecule has 0 radical (unpaired) electrons. The molecule has 134 valence electrons. The number of phenolic OH excluding ortho intramolecular Hbond substituents is 1. The highest BCUT2D eigenvalue weighted by molar-refractivity contribution is 7.16. The molecule has 5 nitrogen and oxygen atoms in total. The van der Waals surface area contributed by atoms with Crippen LogP contribution in [0.3, 0.4) is 0 Å². The zero-order chi connectivity index (χ0) is 18.3. The molecule has 25 heavy (non-hydrogen) atoms. The number of aromatic nitrogens is 1. The molecule has 1 aliphatic heterocycles. The van der Waals surface area contributed by atoms with E-state index in [9.17, 15) is 23.1 Å². The summed E-state index contributed by atoms with van der Waals surface area (Å²) in [6.07, 6.45) is 0.959. The van der Waals surface area contributed by atoms with Crippen LogP contribution in [0.4, 0.5) is 13.2 Å². The molecule has 9 heteroatoms. The Morgan fingerprint density at radius 3 is 2.56 bits per heavy atom. The molecule has 1 aliphatic rings. The van der Waals surface area contributed by atoms with E-state index in [2.05, 4.69) is 4.98 Å². The van der Waals surface area contributed by atoms with Crippen LogP contribution in [-0.4, -0.2) is 46.2 Å². The van der Waals surface area contributed by atoms with Crippen molar-refractivity contribution >= 4 is 17.2 Å². The van der Waals surface area contributed by atoms with Gasteiger partial charge in [0.2, 0.25) is 5.82 Å². The number of aromatic hydroxyl groups is 1. The first-order valence-electron chi connectivity index (χ1n) is 7.55. The fourth-order valence-electron chi connectivity index (χ4n) is 2.75. The van der Waals surface area contributed by atoms with E-state index in [1.54, 1.807) is 4.90 Å². The molecule has 0 spiro atoms. The van der Waals surface area contributed by atoms with Crippen molar-refractivity contribution in [2.45, 2.75) is 26.1 Å². The summed E-state index contributed by atoms with van der Waals surface area (Å²) in [5, 5.41) is 9.41. The summed E-state index contributed by atoms with van der Waals surface area (Å²) in [6.45, 7) is 4.50. The Hall–Kier alpha value is -2.13. The van der Waals surface area contributed by atoms with E-state index in [4.69, 9.17) is 4.74 Å². The van der Waals surface area contributed by atoms with Gasteiger partial charge in [-0.05, 0) is 19.9 Å². The SMILES string of the molecule is C[C@@H]1CN(C(=O)c2ncc(-c3cc(F)c(F)c(O)c3F)s2)C[C@H](C)O1. The molecule has 0 bridgehead atoms. The largest absolute Gasteiger partial charge is 0.503 e. The van der Waals surface area contributed by atoms with Crippen molar-refractivity contribution in [2.24, 2.45) is 0 Å². The van der Waals surface area contributed by atoms with Gasteiger partial charge in [0.05, 0.1) is 17.1 Å². The molecular weight excluding hydrogens is 357 g/mol. The predicted molar refractivity (Wildman–Crippen MR) is 85.0 cm³/mol. The smallest absolute Gasteiger partial charge is 0.283 e. The van der Waals surface area contributed by atoms with Crippen LogP contribution in [0.25, 0.3) is 10.4 Å². The maximum atomic E-state index is 14.0. The Labute approximate surface area is 145 Å². The van der Waals surface area contributed by atoms with E-state index in [0.29, 0.717) is 19.2 Å². The standard InChI is InChI=1S/C16H15F3N2O3S/c1-7-5-21(6-8(2)24-7)16(23)15-20-4-11(25-15)9-3-10(17)13(19)14(22)12(9)18/h3-4,7-8,22H,5-6H2,1-2H3/t7-,8+. The van der Waals surface area contributed by atoms with Crippen LogP contribution in [0.2, 0.25) is 0 Å². The average molecular weight is 372 g/mol. The lowest BCUT2D eigenvalue weighted by Gasteiger charge is -2.34. The first-order chi connectivity index (χ1) is 11.8. The van der Waals surface area contributed by atoms with Gasteiger partial charge in [-0.15, -0.1) is 11.3 Å². The second kappa shape index (κ2) is 6.64. The molecule has 0 aliphatic carbocycles. The third kappa shape index (κ3) is 3.34. The molecule has 1 amide bonds. The zero-order valence-corrected chi connectivity index (χ0v) is 14.2. The van der Waals surface area contributed by atoms with Gasteiger partial charge in [-0.2, -0.15) is 4.39 Å². The minimum absolute atomic E-state index is 0.0972. The molecule has 1 fully saturated rings. The van der Waals surface area contributed by atoms with Gasteiger partial charge >= 0.3 is 0 Å². The van der Waals surface area contributed by atoms with Crippen molar-refractivity contribution in [1.82, 2.24) is 9.88 Å². The Kier molecular flexibility index (Phi) is 4.70. The Morgan fingerprint density at radius 1 is 1.28 bits per heavy atom. The van der Waals surface area contributed by atoms with Crippen molar-refractivity contribution in [2.75, 3.05) is 13.1 Å². The molecule has 3 rings (SSSR count). The van der Waals surface area contributed by atoms with E-state index in [1.807, 2.05) is 13.8 Å². The molecule has 1 N–H and O–H groups in total. The molecular formula is C16H15F3N2O3S. The number of benzene rings is 1. The molecule has 0 unspecified atom stereocenters. The quantitative estimate of drug-likeness (QED) is 0.823. The van der Waals surface area contributed by atoms with Crippen LogP contribution in [0.1, 0.15) is 23.6 Å². The van der Waals surface area contributed by atoms with Gasteiger partial charge in [0.15, 0.2) is 22.4 Å². The Morgan fingerprint density at radius 2 is 1.92 bits per heavy atom. The van der Waals surface area contributed by atoms with Crippen LogP contribution < -0.4 is 0 Å². The van der Waals surface area contributed by atoms with Gasteiger partial charge in [-0.1, -0.05) is 0 Å². The molecule has 1 saturated heterocycles. The summed E-state index contributed by atoms with van der Waals surface area (Å²) < 4.78 is 46.2. The fourth-order valence-corrected chi connectivity index (χ4v) is 3.64. The minimum atomic E-state index is -1.65. The highest BCUT2D eigenvalue weighted by Crippen LogP contribution is 2.35. The number of amides is 1. The molecule has 2 atom stereocenters. The number of morpholine rings is 1.